The van der Waals surface area contributed by atoms with Gasteiger partial charge in [-0.2, -0.15) is 0 Å². The summed E-state index contributed by atoms with van der Waals surface area (Å²) in [6, 6.07) is 11.1. The number of carbonyl (C=O) groups is 1. The molecule has 1 amide bonds. The zero-order valence-corrected chi connectivity index (χ0v) is 18.7. The lowest BCUT2D eigenvalue weighted by atomic mass is 9.80. The summed E-state index contributed by atoms with van der Waals surface area (Å²) in [6.45, 7) is 6.50. The maximum absolute atomic E-state index is 13.9. The number of amides is 1. The summed E-state index contributed by atoms with van der Waals surface area (Å²) in [5, 5.41) is 2.90. The normalized spacial score (nSPS) is 28.8. The van der Waals surface area contributed by atoms with Crippen molar-refractivity contribution in [2.75, 3.05) is 5.32 Å². The molecule has 3 nitrogen and oxygen atoms in total. The highest BCUT2D eigenvalue weighted by Crippen LogP contribution is 2.52. The molecule has 0 aromatic heterocycles. The molecular formula is C27H32FNO2. The summed E-state index contributed by atoms with van der Waals surface area (Å²) in [7, 11) is 0. The Morgan fingerprint density at radius 1 is 1.06 bits per heavy atom. The Balaban J connectivity index is 1.39. The van der Waals surface area contributed by atoms with Crippen LogP contribution in [0.4, 0.5) is 10.1 Å². The van der Waals surface area contributed by atoms with Crippen LogP contribution in [0.5, 0.6) is 0 Å². The van der Waals surface area contributed by atoms with Crippen LogP contribution in [0.2, 0.25) is 0 Å². The second kappa shape index (κ2) is 7.74. The lowest BCUT2D eigenvalue weighted by Crippen LogP contribution is -2.22. The number of anilines is 1. The molecule has 2 aliphatic heterocycles. The first kappa shape index (κ1) is 20.7. The monoisotopic (exact) mass is 421 g/mol. The fraction of sp³-hybridized carbons (Fsp3) is 0.519. The van der Waals surface area contributed by atoms with Gasteiger partial charge in [0, 0.05) is 5.69 Å². The van der Waals surface area contributed by atoms with E-state index in [2.05, 4.69) is 44.3 Å². The summed E-state index contributed by atoms with van der Waals surface area (Å²) in [5.74, 6) is 0.754. The predicted octanol–water partition coefficient (Wildman–Crippen LogP) is 6.63. The Kier molecular flexibility index (Phi) is 5.16. The molecule has 2 unspecified atom stereocenters. The third-order valence-corrected chi connectivity index (χ3v) is 7.66. The van der Waals surface area contributed by atoms with Crippen molar-refractivity contribution in [2.45, 2.75) is 76.9 Å². The quantitative estimate of drug-likeness (QED) is 0.602. The first-order chi connectivity index (χ1) is 14.8. The molecule has 1 saturated carbocycles. The zero-order chi connectivity index (χ0) is 21.8. The van der Waals surface area contributed by atoms with Gasteiger partial charge in [0.25, 0.3) is 0 Å². The van der Waals surface area contributed by atoms with E-state index in [1.165, 1.54) is 49.8 Å². The van der Waals surface area contributed by atoms with E-state index in [1.54, 1.807) is 6.07 Å². The second-order valence-electron chi connectivity index (χ2n) is 10.3. The molecule has 1 aliphatic carbocycles. The van der Waals surface area contributed by atoms with Crippen molar-refractivity contribution in [3.05, 3.63) is 64.5 Å². The molecular weight excluding hydrogens is 389 g/mol. The zero-order valence-electron chi connectivity index (χ0n) is 18.7. The van der Waals surface area contributed by atoms with Crippen LogP contribution in [0, 0.1) is 17.7 Å². The number of ether oxygens (including phenoxy) is 1. The maximum atomic E-state index is 13.9. The molecule has 4 heteroatoms. The smallest absolute Gasteiger partial charge is 0.235 e. The van der Waals surface area contributed by atoms with E-state index < -0.39 is 17.6 Å². The van der Waals surface area contributed by atoms with Crippen LogP contribution in [-0.2, 0) is 21.6 Å². The number of halogens is 1. The van der Waals surface area contributed by atoms with Gasteiger partial charge in [-0.25, -0.2) is 4.39 Å². The minimum Gasteiger partial charge on any atom is -0.362 e. The highest BCUT2D eigenvalue weighted by Gasteiger charge is 2.47. The molecule has 0 radical (unpaired) electrons. The van der Waals surface area contributed by atoms with Crippen LogP contribution in [-0.4, -0.2) is 5.91 Å². The summed E-state index contributed by atoms with van der Waals surface area (Å²) >= 11 is 0. The van der Waals surface area contributed by atoms with Crippen molar-refractivity contribution in [2.24, 2.45) is 11.8 Å². The number of nitrogens with one attached hydrogen (secondary N) is 1. The van der Waals surface area contributed by atoms with Crippen molar-refractivity contribution in [1.29, 1.82) is 0 Å². The summed E-state index contributed by atoms with van der Waals surface area (Å²) in [4.78, 5) is 12.8. The van der Waals surface area contributed by atoms with Crippen molar-refractivity contribution in [3.8, 4) is 0 Å². The SMILES string of the molecule is CC1CCC(CCc2ccc3c(c2)C(C)(C)OC3C2C(=O)Nc3ccc(F)cc32)CC1. The van der Waals surface area contributed by atoms with Gasteiger partial charge in [-0.05, 0) is 79.0 Å². The number of hydrogen-bond donors (Lipinski definition) is 1. The number of fused-ring (bicyclic) bond motifs is 2. The van der Waals surface area contributed by atoms with Gasteiger partial charge in [0.1, 0.15) is 5.82 Å². The van der Waals surface area contributed by atoms with Gasteiger partial charge in [0.05, 0.1) is 17.6 Å². The molecule has 2 atom stereocenters. The van der Waals surface area contributed by atoms with Crippen molar-refractivity contribution < 1.29 is 13.9 Å². The van der Waals surface area contributed by atoms with E-state index in [0.29, 0.717) is 11.3 Å². The Morgan fingerprint density at radius 3 is 2.61 bits per heavy atom. The van der Waals surface area contributed by atoms with Crippen molar-refractivity contribution in [1.82, 2.24) is 0 Å². The van der Waals surface area contributed by atoms with E-state index in [4.69, 9.17) is 4.74 Å². The van der Waals surface area contributed by atoms with E-state index in [0.717, 1.165) is 29.4 Å². The van der Waals surface area contributed by atoms with Gasteiger partial charge in [-0.1, -0.05) is 50.8 Å². The second-order valence-corrected chi connectivity index (χ2v) is 10.3. The maximum Gasteiger partial charge on any atom is 0.235 e. The number of hydrogen-bond acceptors (Lipinski definition) is 2. The Labute approximate surface area is 184 Å². The number of aryl methyl sites for hydroxylation is 1. The molecule has 5 rings (SSSR count). The number of carbonyl (C=O) groups excluding carboxylic acids is 1. The van der Waals surface area contributed by atoms with Gasteiger partial charge >= 0.3 is 0 Å². The lowest BCUT2D eigenvalue weighted by Gasteiger charge is -2.26. The topological polar surface area (TPSA) is 38.3 Å². The van der Waals surface area contributed by atoms with Gasteiger partial charge in [0.2, 0.25) is 5.91 Å². The molecule has 0 spiro atoms. The van der Waals surface area contributed by atoms with Gasteiger partial charge < -0.3 is 10.1 Å². The Bertz CT molecular complexity index is 1010. The molecule has 164 valence electrons. The summed E-state index contributed by atoms with van der Waals surface area (Å²) in [6.07, 6.45) is 7.37. The predicted molar refractivity (Wildman–Crippen MR) is 121 cm³/mol. The first-order valence-corrected chi connectivity index (χ1v) is 11.7. The van der Waals surface area contributed by atoms with E-state index in [9.17, 15) is 9.18 Å². The molecule has 0 saturated heterocycles. The average molecular weight is 422 g/mol. The largest absolute Gasteiger partial charge is 0.362 e. The number of rotatable bonds is 4. The molecule has 2 aromatic carbocycles. The Hall–Kier alpha value is -2.20. The molecule has 1 N–H and O–H groups in total. The van der Waals surface area contributed by atoms with Gasteiger partial charge in [-0.3, -0.25) is 4.79 Å². The van der Waals surface area contributed by atoms with Crippen LogP contribution in [0.1, 0.15) is 87.2 Å². The molecule has 31 heavy (non-hydrogen) atoms. The van der Waals surface area contributed by atoms with Crippen molar-refractivity contribution >= 4 is 11.6 Å². The summed E-state index contributed by atoms with van der Waals surface area (Å²) < 4.78 is 20.4. The van der Waals surface area contributed by atoms with Crippen LogP contribution < -0.4 is 5.32 Å². The number of benzene rings is 2. The average Bonchev–Trinajstić information content (AvgIpc) is 3.19. The summed E-state index contributed by atoms with van der Waals surface area (Å²) in [5.41, 5.74) is 4.45. The molecule has 0 bridgehead atoms. The van der Waals surface area contributed by atoms with Crippen molar-refractivity contribution in [3.63, 3.8) is 0 Å². The molecule has 3 aliphatic rings. The fourth-order valence-corrected chi connectivity index (χ4v) is 5.77. The minimum atomic E-state index is -0.527. The molecule has 2 aromatic rings. The van der Waals surface area contributed by atoms with Crippen LogP contribution in [0.3, 0.4) is 0 Å². The van der Waals surface area contributed by atoms with E-state index in [1.807, 2.05) is 0 Å². The third kappa shape index (κ3) is 3.80. The third-order valence-electron chi connectivity index (χ3n) is 7.66. The van der Waals surface area contributed by atoms with Gasteiger partial charge in [0.15, 0.2) is 0 Å². The highest BCUT2D eigenvalue weighted by atomic mass is 19.1. The van der Waals surface area contributed by atoms with Crippen LogP contribution in [0.15, 0.2) is 36.4 Å². The fourth-order valence-electron chi connectivity index (χ4n) is 5.77. The lowest BCUT2D eigenvalue weighted by molar-refractivity contribution is -0.124. The van der Waals surface area contributed by atoms with Crippen LogP contribution >= 0.6 is 0 Å². The first-order valence-electron chi connectivity index (χ1n) is 11.7. The van der Waals surface area contributed by atoms with E-state index in [-0.39, 0.29) is 11.7 Å². The molecule has 1 fully saturated rings. The highest BCUT2D eigenvalue weighted by molar-refractivity contribution is 6.03. The van der Waals surface area contributed by atoms with E-state index >= 15 is 0 Å². The van der Waals surface area contributed by atoms with Gasteiger partial charge in [-0.15, -0.1) is 0 Å². The minimum absolute atomic E-state index is 0.121. The molecule has 2 heterocycles. The Morgan fingerprint density at radius 2 is 1.84 bits per heavy atom. The van der Waals surface area contributed by atoms with Crippen LogP contribution in [0.25, 0.3) is 0 Å². The standard InChI is InChI=1S/C27H32FNO2/c1-16-4-6-17(7-5-16)8-9-18-10-12-20-22(14-18)27(2,3)31-25(20)24-21-15-19(28)11-13-23(21)29-26(24)30/h10-17,24-25H,4-9H2,1-3H3,(H,29,30).